The lowest BCUT2D eigenvalue weighted by Crippen LogP contribution is -2.57. The normalized spacial score (nSPS) is 13.0. The second kappa shape index (κ2) is 14.2. The largest absolute Gasteiger partial charge is 0.508 e. The topological polar surface area (TPSA) is 228 Å². The lowest BCUT2D eigenvalue weighted by molar-refractivity contribution is -0.142. The highest BCUT2D eigenvalue weighted by molar-refractivity contribution is 5.94. The monoisotopic (exact) mass is 530 g/mol. The first-order valence-electron chi connectivity index (χ1n) is 11.6. The molecule has 13 nitrogen and oxygen atoms in total. The van der Waals surface area contributed by atoms with E-state index in [-0.39, 0.29) is 30.8 Å². The minimum Gasteiger partial charge on any atom is -0.508 e. The van der Waals surface area contributed by atoms with Gasteiger partial charge in [-0.3, -0.25) is 19.2 Å². The van der Waals surface area contributed by atoms with Crippen LogP contribution in [0.15, 0.2) is 48.5 Å². The van der Waals surface area contributed by atoms with Crippen LogP contribution in [-0.4, -0.2) is 74.8 Å². The molecule has 2 rings (SSSR count). The van der Waals surface area contributed by atoms with E-state index in [1.54, 1.807) is 0 Å². The molecule has 0 heterocycles. The molecule has 0 saturated carbocycles. The average Bonchev–Trinajstić information content (AvgIpc) is 2.87. The molecule has 204 valence electrons. The predicted molar refractivity (Wildman–Crippen MR) is 133 cm³/mol. The maximum Gasteiger partial charge on any atom is 0.326 e. The maximum atomic E-state index is 13.2. The number of nitrogens with one attached hydrogen (secondary N) is 3. The van der Waals surface area contributed by atoms with Crippen molar-refractivity contribution in [1.29, 1.82) is 0 Å². The first-order valence-corrected chi connectivity index (χ1v) is 11.6. The number of nitrogens with two attached hydrogens (primary N) is 1. The molecule has 0 aliphatic rings. The van der Waals surface area contributed by atoms with E-state index in [9.17, 15) is 39.3 Å². The summed E-state index contributed by atoms with van der Waals surface area (Å²) in [7, 11) is 0. The van der Waals surface area contributed by atoms with Crippen molar-refractivity contribution in [3.63, 3.8) is 0 Å². The molecule has 3 atom stereocenters. The molecule has 0 aliphatic carbocycles. The minimum absolute atomic E-state index is 0.0134. The number of aromatic hydroxyl groups is 2. The molecule has 9 N–H and O–H groups in total. The van der Waals surface area contributed by atoms with E-state index in [0.29, 0.717) is 11.1 Å². The third kappa shape index (κ3) is 9.78. The fourth-order valence-electron chi connectivity index (χ4n) is 3.48. The lowest BCUT2D eigenvalue weighted by Gasteiger charge is -2.24. The van der Waals surface area contributed by atoms with Gasteiger partial charge in [-0.25, -0.2) is 4.79 Å². The molecule has 0 aromatic heterocycles. The first kappa shape index (κ1) is 29.6. The molecule has 0 bridgehead atoms. The van der Waals surface area contributed by atoms with Crippen LogP contribution in [0.25, 0.3) is 0 Å². The summed E-state index contributed by atoms with van der Waals surface area (Å²) in [6.45, 7) is -0.453. The molecular formula is C25H30N4O9. The molecule has 0 fully saturated rings. The highest BCUT2D eigenvalue weighted by Crippen LogP contribution is 2.14. The number of carbonyl (C=O) groups excluding carboxylic acids is 3. The third-order valence-corrected chi connectivity index (χ3v) is 5.48. The first-order chi connectivity index (χ1) is 18.0. The summed E-state index contributed by atoms with van der Waals surface area (Å²) in [5.74, 6) is -5.01. The van der Waals surface area contributed by atoms with Crippen molar-refractivity contribution in [2.45, 2.75) is 43.8 Å². The Kier molecular flexibility index (Phi) is 11.0. The maximum absolute atomic E-state index is 13.2. The van der Waals surface area contributed by atoms with Crippen molar-refractivity contribution in [2.24, 2.45) is 5.73 Å². The molecule has 38 heavy (non-hydrogen) atoms. The Balaban J connectivity index is 2.26. The number of phenols is 2. The van der Waals surface area contributed by atoms with Gasteiger partial charge in [-0.2, -0.15) is 0 Å². The summed E-state index contributed by atoms with van der Waals surface area (Å²) in [6.07, 6.45) is -0.959. The fourth-order valence-corrected chi connectivity index (χ4v) is 3.48. The molecule has 0 aliphatic heterocycles. The van der Waals surface area contributed by atoms with Gasteiger partial charge in [0.2, 0.25) is 17.7 Å². The standard InChI is InChI=1S/C25H30N4O9/c26-13-21(32)27-18(9-10-22(33)34)23(35)28-19(11-14-1-5-16(30)6-2-14)24(36)29-20(25(37)38)12-15-3-7-17(31)8-4-15/h1-8,18-20,30-31H,9-13,26H2,(H,27,32)(H,28,35)(H,29,36)(H,33,34)(H,37,38). The summed E-state index contributed by atoms with van der Waals surface area (Å²) in [5.41, 5.74) is 6.32. The predicted octanol–water partition coefficient (Wildman–Crippen LogP) is -0.754. The van der Waals surface area contributed by atoms with Crippen LogP contribution in [0.4, 0.5) is 0 Å². The van der Waals surface area contributed by atoms with Crippen LogP contribution < -0.4 is 21.7 Å². The number of aliphatic carboxylic acids is 2. The van der Waals surface area contributed by atoms with Crippen molar-refractivity contribution in [3.8, 4) is 11.5 Å². The van der Waals surface area contributed by atoms with Crippen molar-refractivity contribution < 1.29 is 44.4 Å². The molecule has 13 heteroatoms. The number of carboxylic acid groups (broad SMARTS) is 2. The van der Waals surface area contributed by atoms with Gasteiger partial charge in [0.1, 0.15) is 29.6 Å². The van der Waals surface area contributed by atoms with E-state index in [4.69, 9.17) is 10.8 Å². The Bertz CT molecular complexity index is 1140. The zero-order valence-electron chi connectivity index (χ0n) is 20.3. The number of carboxylic acids is 2. The van der Waals surface area contributed by atoms with Gasteiger partial charge >= 0.3 is 11.9 Å². The molecule has 3 unspecified atom stereocenters. The smallest absolute Gasteiger partial charge is 0.326 e. The summed E-state index contributed by atoms with van der Waals surface area (Å²) >= 11 is 0. The Morgan fingerprint density at radius 3 is 1.58 bits per heavy atom. The number of amides is 3. The fraction of sp³-hybridized carbons (Fsp3) is 0.320. The quantitative estimate of drug-likeness (QED) is 0.152. The van der Waals surface area contributed by atoms with Gasteiger partial charge in [0, 0.05) is 19.3 Å². The third-order valence-electron chi connectivity index (χ3n) is 5.48. The SMILES string of the molecule is NCC(=O)NC(CCC(=O)O)C(=O)NC(Cc1ccc(O)cc1)C(=O)NC(Cc1ccc(O)cc1)C(=O)O. The number of hydrogen-bond acceptors (Lipinski definition) is 8. The van der Waals surface area contributed by atoms with E-state index in [1.807, 2.05) is 0 Å². The van der Waals surface area contributed by atoms with Crippen LogP contribution in [0.2, 0.25) is 0 Å². The number of hydrogen-bond donors (Lipinski definition) is 8. The molecular weight excluding hydrogens is 500 g/mol. The molecule has 2 aromatic carbocycles. The van der Waals surface area contributed by atoms with Crippen LogP contribution >= 0.6 is 0 Å². The summed E-state index contributed by atoms with van der Waals surface area (Å²) < 4.78 is 0. The van der Waals surface area contributed by atoms with Gasteiger partial charge in [0.15, 0.2) is 0 Å². The molecule has 0 spiro atoms. The number of carbonyl (C=O) groups is 5. The van der Waals surface area contributed by atoms with Gasteiger partial charge < -0.3 is 42.1 Å². The van der Waals surface area contributed by atoms with Crippen molar-refractivity contribution in [1.82, 2.24) is 16.0 Å². The van der Waals surface area contributed by atoms with Crippen LogP contribution in [0.5, 0.6) is 11.5 Å². The second-order valence-corrected chi connectivity index (χ2v) is 8.46. The van der Waals surface area contributed by atoms with Gasteiger partial charge in [0.25, 0.3) is 0 Å². The zero-order valence-corrected chi connectivity index (χ0v) is 20.3. The Labute approximate surface area is 217 Å². The van der Waals surface area contributed by atoms with E-state index >= 15 is 0 Å². The highest BCUT2D eigenvalue weighted by Gasteiger charge is 2.30. The summed E-state index contributed by atoms with van der Waals surface area (Å²) in [5, 5.41) is 44.8. The molecule has 0 radical (unpaired) electrons. The highest BCUT2D eigenvalue weighted by atomic mass is 16.4. The van der Waals surface area contributed by atoms with E-state index in [2.05, 4.69) is 16.0 Å². The minimum atomic E-state index is -1.38. The summed E-state index contributed by atoms with van der Waals surface area (Å²) in [4.78, 5) is 60.8. The molecule has 3 amide bonds. The average molecular weight is 531 g/mol. The summed E-state index contributed by atoms with van der Waals surface area (Å²) in [6, 6.07) is 7.47. The van der Waals surface area contributed by atoms with E-state index in [0.717, 1.165) is 0 Å². The van der Waals surface area contributed by atoms with Crippen LogP contribution in [-0.2, 0) is 36.8 Å². The van der Waals surface area contributed by atoms with Crippen molar-refractivity contribution >= 4 is 29.7 Å². The molecule has 0 saturated heterocycles. The van der Waals surface area contributed by atoms with Crippen LogP contribution in [0.3, 0.4) is 0 Å². The number of rotatable bonds is 14. The van der Waals surface area contributed by atoms with E-state index < -0.39 is 60.8 Å². The van der Waals surface area contributed by atoms with Crippen molar-refractivity contribution in [3.05, 3.63) is 59.7 Å². The lowest BCUT2D eigenvalue weighted by atomic mass is 10.0. The number of phenolic OH excluding ortho intramolecular Hbond substituents is 2. The van der Waals surface area contributed by atoms with Crippen LogP contribution in [0.1, 0.15) is 24.0 Å². The Hall–Kier alpha value is -4.65. The second-order valence-electron chi connectivity index (χ2n) is 8.46. The van der Waals surface area contributed by atoms with Gasteiger partial charge in [-0.1, -0.05) is 24.3 Å². The Morgan fingerprint density at radius 1 is 0.684 bits per heavy atom. The Morgan fingerprint density at radius 2 is 1.13 bits per heavy atom. The van der Waals surface area contributed by atoms with Gasteiger partial charge in [0.05, 0.1) is 6.54 Å². The van der Waals surface area contributed by atoms with Crippen molar-refractivity contribution in [2.75, 3.05) is 6.54 Å². The van der Waals surface area contributed by atoms with Crippen LogP contribution in [0, 0.1) is 0 Å². The van der Waals surface area contributed by atoms with Gasteiger partial charge in [-0.15, -0.1) is 0 Å². The van der Waals surface area contributed by atoms with Gasteiger partial charge in [-0.05, 0) is 41.8 Å². The molecule has 2 aromatic rings. The zero-order chi connectivity index (χ0) is 28.2. The number of benzene rings is 2. The van der Waals surface area contributed by atoms with E-state index in [1.165, 1.54) is 48.5 Å².